The van der Waals surface area contributed by atoms with E-state index < -0.39 is 0 Å². The number of ether oxygens (including phenoxy) is 1. The summed E-state index contributed by atoms with van der Waals surface area (Å²) in [4.78, 5) is 14.8. The Kier molecular flexibility index (Phi) is 6.07. The van der Waals surface area contributed by atoms with Crippen LogP contribution in [-0.2, 0) is 4.74 Å². The fraction of sp³-hybridized carbons (Fsp3) is 0.588. The van der Waals surface area contributed by atoms with Gasteiger partial charge in [-0.1, -0.05) is 20.3 Å². The molecule has 3 N–H and O–H groups in total. The van der Waals surface area contributed by atoms with Crippen molar-refractivity contribution < 1.29 is 9.53 Å². The average Bonchev–Trinajstić information content (AvgIpc) is 2.55. The van der Waals surface area contributed by atoms with Crippen LogP contribution in [0.2, 0.25) is 0 Å². The minimum Gasteiger partial charge on any atom is -0.399 e. The van der Waals surface area contributed by atoms with Gasteiger partial charge < -0.3 is 20.7 Å². The smallest absolute Gasteiger partial charge is 0.253 e. The zero-order valence-electron chi connectivity index (χ0n) is 13.6. The Labute approximate surface area is 132 Å². The van der Waals surface area contributed by atoms with E-state index in [0.29, 0.717) is 24.5 Å². The van der Waals surface area contributed by atoms with E-state index in [9.17, 15) is 4.79 Å². The van der Waals surface area contributed by atoms with E-state index >= 15 is 0 Å². The molecular weight excluding hydrogens is 278 g/mol. The lowest BCUT2D eigenvalue weighted by Crippen LogP contribution is -2.39. The number of anilines is 2. The maximum atomic E-state index is 12.7. The van der Waals surface area contributed by atoms with Gasteiger partial charge in [0.25, 0.3) is 5.91 Å². The number of carbonyl (C=O) groups excluding carboxylic acids is 1. The Morgan fingerprint density at radius 3 is 2.73 bits per heavy atom. The van der Waals surface area contributed by atoms with Crippen LogP contribution in [0.25, 0.3) is 0 Å². The van der Waals surface area contributed by atoms with E-state index in [1.54, 1.807) is 6.07 Å². The van der Waals surface area contributed by atoms with E-state index in [-0.39, 0.29) is 11.9 Å². The zero-order valence-corrected chi connectivity index (χ0v) is 13.6. The molecule has 2 rings (SSSR count). The van der Waals surface area contributed by atoms with E-state index in [1.165, 1.54) is 0 Å². The van der Waals surface area contributed by atoms with Gasteiger partial charge in [0.1, 0.15) is 0 Å². The van der Waals surface area contributed by atoms with Crippen molar-refractivity contribution in [3.05, 3.63) is 23.8 Å². The van der Waals surface area contributed by atoms with Crippen molar-refractivity contribution in [2.24, 2.45) is 0 Å². The molecule has 122 valence electrons. The molecular formula is C17H27N3O2. The van der Waals surface area contributed by atoms with Crippen LogP contribution in [0, 0.1) is 0 Å². The largest absolute Gasteiger partial charge is 0.399 e. The highest BCUT2D eigenvalue weighted by Gasteiger charge is 2.20. The van der Waals surface area contributed by atoms with Crippen LogP contribution in [0.1, 0.15) is 43.5 Å². The number of rotatable bonds is 6. The molecule has 0 aromatic heterocycles. The molecule has 1 atom stereocenters. The van der Waals surface area contributed by atoms with Crippen LogP contribution in [-0.4, -0.2) is 38.3 Å². The molecule has 0 saturated carbocycles. The van der Waals surface area contributed by atoms with Gasteiger partial charge >= 0.3 is 0 Å². The summed E-state index contributed by atoms with van der Waals surface area (Å²) in [5.41, 5.74) is 8.21. The summed E-state index contributed by atoms with van der Waals surface area (Å²) in [5, 5.41) is 3.15. The van der Waals surface area contributed by atoms with Gasteiger partial charge in [-0.3, -0.25) is 4.79 Å². The van der Waals surface area contributed by atoms with Gasteiger partial charge in [-0.05, 0) is 31.0 Å². The highest BCUT2D eigenvalue weighted by molar-refractivity contribution is 6.00. The molecule has 1 saturated heterocycles. The summed E-state index contributed by atoms with van der Waals surface area (Å²) >= 11 is 0. The Morgan fingerprint density at radius 2 is 2.09 bits per heavy atom. The lowest BCUT2D eigenvalue weighted by atomic mass is 10.1. The molecule has 1 amide bonds. The average molecular weight is 305 g/mol. The van der Waals surface area contributed by atoms with Crippen LogP contribution in [0.15, 0.2) is 18.2 Å². The van der Waals surface area contributed by atoms with Gasteiger partial charge in [-0.15, -0.1) is 0 Å². The van der Waals surface area contributed by atoms with Gasteiger partial charge in [0.2, 0.25) is 0 Å². The predicted molar refractivity (Wildman–Crippen MR) is 90.3 cm³/mol. The minimum absolute atomic E-state index is 0.0122. The highest BCUT2D eigenvalue weighted by Crippen LogP contribution is 2.25. The standard InChI is InChI=1S/C17H27N3O2/c1-3-5-14(4-2)19-17(21)15-7-6-13(18)12-16(15)20-8-10-22-11-9-20/h6-7,12,14H,3-5,8-11,18H2,1-2H3,(H,19,21). The number of nitrogens with two attached hydrogens (primary N) is 1. The first-order valence-electron chi connectivity index (χ1n) is 8.18. The maximum Gasteiger partial charge on any atom is 0.253 e. The van der Waals surface area contributed by atoms with Crippen molar-refractivity contribution in [3.8, 4) is 0 Å². The summed E-state index contributed by atoms with van der Waals surface area (Å²) in [7, 11) is 0. The van der Waals surface area contributed by atoms with E-state index in [1.807, 2.05) is 12.1 Å². The monoisotopic (exact) mass is 305 g/mol. The minimum atomic E-state index is -0.0122. The second kappa shape index (κ2) is 8.03. The molecule has 0 bridgehead atoms. The number of hydrogen-bond donors (Lipinski definition) is 2. The quantitative estimate of drug-likeness (QED) is 0.792. The molecule has 0 aliphatic carbocycles. The fourth-order valence-corrected chi connectivity index (χ4v) is 2.80. The number of benzene rings is 1. The zero-order chi connectivity index (χ0) is 15.9. The molecule has 0 spiro atoms. The summed E-state index contributed by atoms with van der Waals surface area (Å²) in [6.45, 7) is 7.18. The SMILES string of the molecule is CCCC(CC)NC(=O)c1ccc(N)cc1N1CCOCC1. The number of carbonyl (C=O) groups is 1. The normalized spacial score (nSPS) is 16.4. The molecule has 1 unspecified atom stereocenters. The lowest BCUT2D eigenvalue weighted by Gasteiger charge is -2.31. The van der Waals surface area contributed by atoms with Gasteiger partial charge in [0.05, 0.1) is 24.5 Å². The molecule has 1 fully saturated rings. The van der Waals surface area contributed by atoms with Gasteiger partial charge in [0.15, 0.2) is 0 Å². The number of morpholine rings is 1. The third kappa shape index (κ3) is 4.13. The van der Waals surface area contributed by atoms with E-state index in [2.05, 4.69) is 24.1 Å². The molecule has 1 aromatic carbocycles. The number of hydrogen-bond acceptors (Lipinski definition) is 4. The van der Waals surface area contributed by atoms with Crippen LogP contribution in [0.4, 0.5) is 11.4 Å². The molecule has 0 radical (unpaired) electrons. The molecule has 5 nitrogen and oxygen atoms in total. The number of amides is 1. The first kappa shape index (κ1) is 16.6. The van der Waals surface area contributed by atoms with Crippen LogP contribution >= 0.6 is 0 Å². The number of nitrogens with one attached hydrogen (secondary N) is 1. The Hall–Kier alpha value is -1.75. The van der Waals surface area contributed by atoms with Gasteiger partial charge in [0, 0.05) is 24.8 Å². The lowest BCUT2D eigenvalue weighted by molar-refractivity contribution is 0.0932. The van der Waals surface area contributed by atoms with Crippen molar-refractivity contribution in [1.82, 2.24) is 5.32 Å². The van der Waals surface area contributed by atoms with Gasteiger partial charge in [-0.2, -0.15) is 0 Å². The topological polar surface area (TPSA) is 67.6 Å². The number of nitrogen functional groups attached to an aromatic ring is 1. The molecule has 1 heterocycles. The summed E-state index contributed by atoms with van der Waals surface area (Å²) in [5.74, 6) is -0.0122. The molecule has 1 aliphatic heterocycles. The maximum absolute atomic E-state index is 12.7. The summed E-state index contributed by atoms with van der Waals surface area (Å²) < 4.78 is 5.39. The summed E-state index contributed by atoms with van der Waals surface area (Å²) in [6, 6.07) is 5.74. The second-order valence-electron chi connectivity index (χ2n) is 5.74. The second-order valence-corrected chi connectivity index (χ2v) is 5.74. The summed E-state index contributed by atoms with van der Waals surface area (Å²) in [6.07, 6.45) is 3.02. The predicted octanol–water partition coefficient (Wildman–Crippen LogP) is 2.41. The van der Waals surface area contributed by atoms with E-state index in [4.69, 9.17) is 10.5 Å². The van der Waals surface area contributed by atoms with Crippen molar-refractivity contribution in [2.45, 2.75) is 39.2 Å². The molecule has 1 aliphatic rings. The number of nitrogens with zero attached hydrogens (tertiary/aromatic N) is 1. The van der Waals surface area contributed by atoms with Gasteiger partial charge in [-0.25, -0.2) is 0 Å². The van der Waals surface area contributed by atoms with E-state index in [0.717, 1.165) is 38.0 Å². The van der Waals surface area contributed by atoms with Crippen molar-refractivity contribution >= 4 is 17.3 Å². The van der Waals surface area contributed by atoms with Crippen LogP contribution in [0.5, 0.6) is 0 Å². The first-order chi connectivity index (χ1) is 10.7. The molecule has 5 heteroatoms. The Balaban J connectivity index is 2.19. The fourth-order valence-electron chi connectivity index (χ4n) is 2.80. The molecule has 22 heavy (non-hydrogen) atoms. The Bertz CT molecular complexity index is 499. The van der Waals surface area contributed by atoms with Crippen molar-refractivity contribution in [3.63, 3.8) is 0 Å². The van der Waals surface area contributed by atoms with Crippen molar-refractivity contribution in [2.75, 3.05) is 36.9 Å². The third-order valence-electron chi connectivity index (χ3n) is 4.08. The van der Waals surface area contributed by atoms with Crippen LogP contribution < -0.4 is 16.0 Å². The highest BCUT2D eigenvalue weighted by atomic mass is 16.5. The Morgan fingerprint density at radius 1 is 1.36 bits per heavy atom. The first-order valence-corrected chi connectivity index (χ1v) is 8.18. The van der Waals surface area contributed by atoms with Crippen LogP contribution in [0.3, 0.4) is 0 Å². The molecule has 1 aromatic rings. The van der Waals surface area contributed by atoms with Crippen molar-refractivity contribution in [1.29, 1.82) is 0 Å². The third-order valence-corrected chi connectivity index (χ3v) is 4.08.